The molecule has 0 fully saturated rings. The molecular weight excluding hydrogens is 240 g/mol. The fraction of sp³-hybridized carbons (Fsp3) is 0.417. The van der Waals surface area contributed by atoms with E-state index in [4.69, 9.17) is 4.74 Å². The highest BCUT2D eigenvalue weighted by molar-refractivity contribution is 7.90. The number of hydrogen-bond donors (Lipinski definition) is 0. The van der Waals surface area contributed by atoms with Crippen LogP contribution in [-0.2, 0) is 9.84 Å². The molecule has 0 aliphatic heterocycles. The van der Waals surface area contributed by atoms with Crippen LogP contribution in [0.15, 0.2) is 18.2 Å². The lowest BCUT2D eigenvalue weighted by Crippen LogP contribution is -2.12. The SMILES string of the molecule is CC(=O)c1ccc(OCCS(C)(=O)=O)c(C)c1. The Morgan fingerprint density at radius 1 is 1.35 bits per heavy atom. The zero-order valence-electron chi connectivity index (χ0n) is 10.2. The Balaban J connectivity index is 2.70. The van der Waals surface area contributed by atoms with E-state index >= 15 is 0 Å². The third-order valence-corrected chi connectivity index (χ3v) is 3.20. The number of carbonyl (C=O) groups excluding carboxylic acids is 1. The molecule has 1 aromatic rings. The Hall–Kier alpha value is -1.36. The minimum Gasteiger partial charge on any atom is -0.492 e. The van der Waals surface area contributed by atoms with Gasteiger partial charge in [-0.3, -0.25) is 4.79 Å². The molecule has 1 rings (SSSR count). The zero-order chi connectivity index (χ0) is 13.1. The number of ketones is 1. The number of rotatable bonds is 5. The van der Waals surface area contributed by atoms with Gasteiger partial charge in [0.2, 0.25) is 0 Å². The van der Waals surface area contributed by atoms with Crippen molar-refractivity contribution in [2.75, 3.05) is 18.6 Å². The van der Waals surface area contributed by atoms with Gasteiger partial charge in [-0.15, -0.1) is 0 Å². The van der Waals surface area contributed by atoms with Crippen molar-refractivity contribution in [2.24, 2.45) is 0 Å². The van der Waals surface area contributed by atoms with Crippen LogP contribution in [0.25, 0.3) is 0 Å². The van der Waals surface area contributed by atoms with Gasteiger partial charge in [0.1, 0.15) is 12.4 Å². The number of Topliss-reactive ketones (excluding diaryl/α,β-unsaturated/α-hetero) is 1. The molecule has 0 aliphatic carbocycles. The second-order valence-corrected chi connectivity index (χ2v) is 6.27. The largest absolute Gasteiger partial charge is 0.492 e. The molecule has 0 unspecified atom stereocenters. The number of aryl methyl sites for hydroxylation is 1. The molecule has 0 bridgehead atoms. The molecule has 0 atom stereocenters. The van der Waals surface area contributed by atoms with Crippen molar-refractivity contribution in [2.45, 2.75) is 13.8 Å². The molecule has 0 saturated carbocycles. The van der Waals surface area contributed by atoms with Gasteiger partial charge in [0.25, 0.3) is 0 Å². The number of ether oxygens (including phenoxy) is 1. The maximum Gasteiger partial charge on any atom is 0.159 e. The molecule has 0 heterocycles. The quantitative estimate of drug-likeness (QED) is 0.751. The van der Waals surface area contributed by atoms with Crippen molar-refractivity contribution in [1.82, 2.24) is 0 Å². The van der Waals surface area contributed by atoms with Crippen LogP contribution in [0.1, 0.15) is 22.8 Å². The predicted octanol–water partition coefficient (Wildman–Crippen LogP) is 1.62. The van der Waals surface area contributed by atoms with Crippen LogP contribution in [-0.4, -0.2) is 32.8 Å². The third-order valence-electron chi connectivity index (χ3n) is 2.29. The maximum atomic E-state index is 11.1. The molecule has 1 aromatic carbocycles. The smallest absolute Gasteiger partial charge is 0.159 e. The summed E-state index contributed by atoms with van der Waals surface area (Å²) >= 11 is 0. The molecule has 0 amide bonds. The molecule has 0 radical (unpaired) electrons. The van der Waals surface area contributed by atoms with Gasteiger partial charge in [0.05, 0.1) is 5.75 Å². The molecular formula is C12H16O4S. The van der Waals surface area contributed by atoms with E-state index in [1.54, 1.807) is 18.2 Å². The second kappa shape index (κ2) is 5.31. The van der Waals surface area contributed by atoms with Crippen LogP contribution < -0.4 is 4.74 Å². The summed E-state index contributed by atoms with van der Waals surface area (Å²) in [7, 11) is -3.01. The van der Waals surface area contributed by atoms with Gasteiger partial charge in [-0.25, -0.2) is 8.42 Å². The minimum atomic E-state index is -3.01. The standard InChI is InChI=1S/C12H16O4S/c1-9-8-11(10(2)13)4-5-12(9)16-6-7-17(3,14)15/h4-5,8H,6-7H2,1-3H3. The maximum absolute atomic E-state index is 11.1. The summed E-state index contributed by atoms with van der Waals surface area (Å²) in [6.07, 6.45) is 1.17. The number of carbonyl (C=O) groups is 1. The van der Waals surface area contributed by atoms with Crippen LogP contribution in [0.3, 0.4) is 0 Å². The molecule has 0 N–H and O–H groups in total. The zero-order valence-corrected chi connectivity index (χ0v) is 11.0. The van der Waals surface area contributed by atoms with E-state index in [9.17, 15) is 13.2 Å². The molecule has 0 aromatic heterocycles. The van der Waals surface area contributed by atoms with E-state index < -0.39 is 9.84 Å². The summed E-state index contributed by atoms with van der Waals surface area (Å²) in [6.45, 7) is 3.44. The summed E-state index contributed by atoms with van der Waals surface area (Å²) < 4.78 is 27.2. The third kappa shape index (κ3) is 4.56. The summed E-state index contributed by atoms with van der Waals surface area (Å²) in [5, 5.41) is 0. The van der Waals surface area contributed by atoms with Gasteiger partial charge in [0.15, 0.2) is 15.6 Å². The first-order chi connectivity index (χ1) is 7.79. The van der Waals surface area contributed by atoms with Crippen molar-refractivity contribution < 1.29 is 17.9 Å². The lowest BCUT2D eigenvalue weighted by atomic mass is 10.1. The number of sulfone groups is 1. The summed E-state index contributed by atoms with van der Waals surface area (Å²) in [5.41, 5.74) is 1.45. The van der Waals surface area contributed by atoms with Gasteiger partial charge < -0.3 is 4.74 Å². The van der Waals surface area contributed by atoms with Gasteiger partial charge in [-0.2, -0.15) is 0 Å². The number of benzene rings is 1. The highest BCUT2D eigenvalue weighted by Gasteiger charge is 2.06. The van der Waals surface area contributed by atoms with E-state index in [0.29, 0.717) is 11.3 Å². The van der Waals surface area contributed by atoms with E-state index in [1.807, 2.05) is 6.92 Å². The molecule has 4 nitrogen and oxygen atoms in total. The normalized spacial score (nSPS) is 11.2. The monoisotopic (exact) mass is 256 g/mol. The molecule has 0 spiro atoms. The van der Waals surface area contributed by atoms with Crippen molar-refractivity contribution in [3.05, 3.63) is 29.3 Å². The average molecular weight is 256 g/mol. The molecule has 0 saturated heterocycles. The van der Waals surface area contributed by atoms with Crippen molar-refractivity contribution in [3.63, 3.8) is 0 Å². The second-order valence-electron chi connectivity index (χ2n) is 4.01. The average Bonchev–Trinajstić information content (AvgIpc) is 2.18. The van der Waals surface area contributed by atoms with Crippen LogP contribution in [0.4, 0.5) is 0 Å². The molecule has 5 heteroatoms. The highest BCUT2D eigenvalue weighted by Crippen LogP contribution is 2.19. The van der Waals surface area contributed by atoms with Crippen LogP contribution >= 0.6 is 0 Å². The van der Waals surface area contributed by atoms with Crippen LogP contribution in [0.2, 0.25) is 0 Å². The van der Waals surface area contributed by atoms with Crippen molar-refractivity contribution in [1.29, 1.82) is 0 Å². The summed E-state index contributed by atoms with van der Waals surface area (Å²) in [5.74, 6) is 0.593. The summed E-state index contributed by atoms with van der Waals surface area (Å²) in [6, 6.07) is 5.09. The van der Waals surface area contributed by atoms with Crippen molar-refractivity contribution in [3.8, 4) is 5.75 Å². The van der Waals surface area contributed by atoms with E-state index in [1.165, 1.54) is 13.2 Å². The topological polar surface area (TPSA) is 60.4 Å². The first-order valence-electron chi connectivity index (χ1n) is 5.22. The van der Waals surface area contributed by atoms with E-state index in [2.05, 4.69) is 0 Å². The molecule has 0 aliphatic rings. The van der Waals surface area contributed by atoms with Crippen LogP contribution in [0, 0.1) is 6.92 Å². The van der Waals surface area contributed by atoms with Gasteiger partial charge in [0, 0.05) is 11.8 Å². The Kier molecular flexibility index (Phi) is 4.28. The lowest BCUT2D eigenvalue weighted by molar-refractivity contribution is 0.101. The van der Waals surface area contributed by atoms with Crippen LogP contribution in [0.5, 0.6) is 5.75 Å². The Labute approximate surface area is 102 Å². The fourth-order valence-corrected chi connectivity index (χ4v) is 1.72. The van der Waals surface area contributed by atoms with E-state index in [-0.39, 0.29) is 18.1 Å². The van der Waals surface area contributed by atoms with Gasteiger partial charge in [-0.1, -0.05) is 0 Å². The fourth-order valence-electron chi connectivity index (χ4n) is 1.33. The molecule has 17 heavy (non-hydrogen) atoms. The summed E-state index contributed by atoms with van der Waals surface area (Å²) in [4.78, 5) is 11.1. The Bertz CT molecular complexity index is 517. The van der Waals surface area contributed by atoms with Crippen molar-refractivity contribution >= 4 is 15.6 Å². The Morgan fingerprint density at radius 2 is 2.00 bits per heavy atom. The lowest BCUT2D eigenvalue weighted by Gasteiger charge is -2.09. The minimum absolute atomic E-state index is 0.00390. The number of hydrogen-bond acceptors (Lipinski definition) is 4. The highest BCUT2D eigenvalue weighted by atomic mass is 32.2. The van der Waals surface area contributed by atoms with Gasteiger partial charge >= 0.3 is 0 Å². The first kappa shape index (κ1) is 13.7. The van der Waals surface area contributed by atoms with Gasteiger partial charge in [-0.05, 0) is 37.6 Å². The van der Waals surface area contributed by atoms with E-state index in [0.717, 1.165) is 5.56 Å². The Morgan fingerprint density at radius 3 is 2.47 bits per heavy atom. The first-order valence-corrected chi connectivity index (χ1v) is 7.28. The predicted molar refractivity (Wildman–Crippen MR) is 66.4 cm³/mol. The molecule has 94 valence electrons.